The molecule has 1 aromatic rings. The Morgan fingerprint density at radius 2 is 1.65 bits per heavy atom. The lowest BCUT2D eigenvalue weighted by molar-refractivity contribution is 0.306. The molecule has 6 heteroatoms. The van der Waals surface area contributed by atoms with Gasteiger partial charge in [0.05, 0.1) is 20.8 Å². The zero-order valence-corrected chi connectivity index (χ0v) is 14.1. The molecule has 1 aromatic carbocycles. The zero-order chi connectivity index (χ0) is 16.5. The van der Waals surface area contributed by atoms with E-state index in [2.05, 4.69) is 9.89 Å². The second-order valence-corrected chi connectivity index (χ2v) is 5.54. The molecule has 1 saturated heterocycles. The number of nitrogens with two attached hydrogens (primary N) is 1. The van der Waals surface area contributed by atoms with Gasteiger partial charge >= 0.3 is 0 Å². The van der Waals surface area contributed by atoms with Crippen molar-refractivity contribution in [2.45, 2.75) is 25.7 Å². The van der Waals surface area contributed by atoms with Gasteiger partial charge in [-0.3, -0.25) is 4.99 Å². The van der Waals surface area contributed by atoms with E-state index >= 15 is 0 Å². The van der Waals surface area contributed by atoms with Gasteiger partial charge in [-0.05, 0) is 19.3 Å². The molecule has 128 valence electrons. The number of rotatable bonds is 7. The van der Waals surface area contributed by atoms with Crippen LogP contribution < -0.4 is 19.9 Å². The number of guanidine groups is 1. The maximum atomic E-state index is 6.02. The molecule has 0 aromatic heterocycles. The molecule has 23 heavy (non-hydrogen) atoms. The van der Waals surface area contributed by atoms with E-state index in [1.807, 2.05) is 18.2 Å². The zero-order valence-electron chi connectivity index (χ0n) is 14.1. The van der Waals surface area contributed by atoms with Crippen LogP contribution in [0.1, 0.15) is 25.7 Å². The molecule has 1 aliphatic rings. The lowest BCUT2D eigenvalue weighted by atomic mass is 10.1. The second kappa shape index (κ2) is 9.12. The summed E-state index contributed by atoms with van der Waals surface area (Å²) in [5, 5.41) is 0. The van der Waals surface area contributed by atoms with E-state index < -0.39 is 0 Å². The molecular formula is C17H27N3O3. The number of methoxy groups -OCH3 is 2. The molecule has 0 spiro atoms. The summed E-state index contributed by atoms with van der Waals surface area (Å²) in [6.07, 6.45) is 4.52. The summed E-state index contributed by atoms with van der Waals surface area (Å²) in [6, 6.07) is 5.50. The first-order chi connectivity index (χ1) is 11.2. The number of benzene rings is 1. The highest BCUT2D eigenvalue weighted by Gasteiger charge is 2.11. The third-order valence-corrected chi connectivity index (χ3v) is 3.85. The third kappa shape index (κ3) is 5.54. The Balaban J connectivity index is 1.74. The van der Waals surface area contributed by atoms with Crippen LogP contribution in [-0.2, 0) is 0 Å². The predicted octanol–water partition coefficient (Wildman–Crippen LogP) is 2.27. The number of aliphatic imine (C=N–C) groups is 1. The Kier molecular flexibility index (Phi) is 6.84. The standard InChI is InChI=1S/C17H27N3O3/c1-21-14-11-15(22-2)13-16(12-14)23-10-6-7-19-17(18)20-8-4-3-5-9-20/h11-13H,3-10H2,1-2H3,(H2,18,19). The van der Waals surface area contributed by atoms with Crippen molar-refractivity contribution in [1.29, 1.82) is 0 Å². The fourth-order valence-electron chi connectivity index (χ4n) is 2.54. The first-order valence-electron chi connectivity index (χ1n) is 8.13. The van der Waals surface area contributed by atoms with Crippen molar-refractivity contribution in [3.8, 4) is 17.2 Å². The molecule has 0 aliphatic carbocycles. The Hall–Kier alpha value is -2.11. The van der Waals surface area contributed by atoms with Gasteiger partial charge in [-0.15, -0.1) is 0 Å². The number of likely N-dealkylation sites (tertiary alicyclic amines) is 1. The summed E-state index contributed by atoms with van der Waals surface area (Å²) < 4.78 is 16.2. The van der Waals surface area contributed by atoms with Gasteiger partial charge < -0.3 is 24.8 Å². The van der Waals surface area contributed by atoms with Gasteiger partial charge in [0.2, 0.25) is 0 Å². The predicted molar refractivity (Wildman–Crippen MR) is 91.6 cm³/mol. The van der Waals surface area contributed by atoms with Gasteiger partial charge in [0.15, 0.2) is 5.96 Å². The van der Waals surface area contributed by atoms with Crippen LogP contribution in [0.5, 0.6) is 17.2 Å². The molecular weight excluding hydrogens is 294 g/mol. The van der Waals surface area contributed by atoms with Crippen molar-refractivity contribution in [3.63, 3.8) is 0 Å². The van der Waals surface area contributed by atoms with Gasteiger partial charge in [0.1, 0.15) is 17.2 Å². The summed E-state index contributed by atoms with van der Waals surface area (Å²) in [7, 11) is 3.24. The van der Waals surface area contributed by atoms with Crippen molar-refractivity contribution in [2.75, 3.05) is 40.5 Å². The van der Waals surface area contributed by atoms with Crippen LogP contribution in [0.25, 0.3) is 0 Å². The minimum absolute atomic E-state index is 0.576. The minimum atomic E-state index is 0.576. The van der Waals surface area contributed by atoms with Crippen molar-refractivity contribution in [3.05, 3.63) is 18.2 Å². The topological polar surface area (TPSA) is 69.3 Å². The maximum Gasteiger partial charge on any atom is 0.191 e. The normalized spacial score (nSPS) is 15.4. The average molecular weight is 321 g/mol. The van der Waals surface area contributed by atoms with E-state index in [4.69, 9.17) is 19.9 Å². The van der Waals surface area contributed by atoms with Gasteiger partial charge in [-0.2, -0.15) is 0 Å². The summed E-state index contributed by atoms with van der Waals surface area (Å²) in [4.78, 5) is 6.60. The molecule has 0 bridgehead atoms. The number of ether oxygens (including phenoxy) is 3. The Bertz CT molecular complexity index is 492. The molecule has 1 fully saturated rings. The first-order valence-corrected chi connectivity index (χ1v) is 8.13. The molecule has 0 amide bonds. The third-order valence-electron chi connectivity index (χ3n) is 3.85. The molecule has 0 radical (unpaired) electrons. The van der Waals surface area contributed by atoms with E-state index in [1.165, 1.54) is 19.3 Å². The highest BCUT2D eigenvalue weighted by Crippen LogP contribution is 2.27. The van der Waals surface area contributed by atoms with Crippen LogP contribution in [0.4, 0.5) is 0 Å². The quantitative estimate of drug-likeness (QED) is 0.474. The van der Waals surface area contributed by atoms with E-state index in [9.17, 15) is 0 Å². The fourth-order valence-corrected chi connectivity index (χ4v) is 2.54. The van der Waals surface area contributed by atoms with Crippen molar-refractivity contribution in [2.24, 2.45) is 10.7 Å². The van der Waals surface area contributed by atoms with Crippen molar-refractivity contribution < 1.29 is 14.2 Å². The van der Waals surface area contributed by atoms with Gasteiger partial charge in [0.25, 0.3) is 0 Å². The van der Waals surface area contributed by atoms with Crippen LogP contribution in [-0.4, -0.2) is 51.3 Å². The second-order valence-electron chi connectivity index (χ2n) is 5.54. The fraction of sp³-hybridized carbons (Fsp3) is 0.588. The largest absolute Gasteiger partial charge is 0.496 e. The maximum absolute atomic E-state index is 6.02. The van der Waals surface area contributed by atoms with Gasteiger partial charge in [-0.1, -0.05) is 0 Å². The number of piperidine rings is 1. The average Bonchev–Trinajstić information content (AvgIpc) is 2.61. The Morgan fingerprint density at radius 1 is 1.04 bits per heavy atom. The van der Waals surface area contributed by atoms with Crippen LogP contribution in [0.2, 0.25) is 0 Å². The molecule has 0 unspecified atom stereocenters. The van der Waals surface area contributed by atoms with E-state index in [1.54, 1.807) is 14.2 Å². The van der Waals surface area contributed by atoms with Crippen LogP contribution in [0.3, 0.4) is 0 Å². The molecule has 0 saturated carbocycles. The van der Waals surface area contributed by atoms with Crippen LogP contribution >= 0.6 is 0 Å². The monoisotopic (exact) mass is 321 g/mol. The SMILES string of the molecule is COc1cc(OC)cc(OCCCN=C(N)N2CCCCC2)c1. The van der Waals surface area contributed by atoms with E-state index in [0.717, 1.165) is 25.3 Å². The van der Waals surface area contributed by atoms with E-state index in [-0.39, 0.29) is 0 Å². The number of hydrogen-bond acceptors (Lipinski definition) is 4. The summed E-state index contributed by atoms with van der Waals surface area (Å²) >= 11 is 0. The smallest absolute Gasteiger partial charge is 0.191 e. The summed E-state index contributed by atoms with van der Waals surface area (Å²) in [6.45, 7) is 3.29. The summed E-state index contributed by atoms with van der Waals surface area (Å²) in [5.41, 5.74) is 6.02. The Labute approximate surface area is 138 Å². The van der Waals surface area contributed by atoms with Crippen molar-refractivity contribution in [1.82, 2.24) is 4.90 Å². The molecule has 6 nitrogen and oxygen atoms in total. The minimum Gasteiger partial charge on any atom is -0.496 e. The molecule has 2 N–H and O–H groups in total. The van der Waals surface area contributed by atoms with Gasteiger partial charge in [-0.25, -0.2) is 0 Å². The molecule has 1 heterocycles. The lowest BCUT2D eigenvalue weighted by Crippen LogP contribution is -2.40. The summed E-state index contributed by atoms with van der Waals surface area (Å²) in [5.74, 6) is 2.82. The van der Waals surface area contributed by atoms with Crippen LogP contribution in [0.15, 0.2) is 23.2 Å². The first kappa shape index (κ1) is 17.2. The number of hydrogen-bond donors (Lipinski definition) is 1. The highest BCUT2D eigenvalue weighted by molar-refractivity contribution is 5.78. The highest BCUT2D eigenvalue weighted by atomic mass is 16.5. The van der Waals surface area contributed by atoms with Crippen LogP contribution in [0, 0.1) is 0 Å². The van der Waals surface area contributed by atoms with Gasteiger partial charge in [0, 0.05) is 44.3 Å². The molecule has 0 atom stereocenters. The van der Waals surface area contributed by atoms with Crippen molar-refractivity contribution >= 4 is 5.96 Å². The lowest BCUT2D eigenvalue weighted by Gasteiger charge is -2.27. The molecule has 2 rings (SSSR count). The Morgan fingerprint density at radius 3 is 2.26 bits per heavy atom. The molecule has 1 aliphatic heterocycles. The number of nitrogens with zero attached hydrogens (tertiary/aromatic N) is 2. The van der Waals surface area contributed by atoms with E-state index in [0.29, 0.717) is 30.6 Å².